The fraction of sp³-hybridized carbons (Fsp3) is 0.538. The highest BCUT2D eigenvalue weighted by atomic mass is 19.1. The molecule has 2 rings (SSSR count). The molecule has 0 amide bonds. The quantitative estimate of drug-likeness (QED) is 0.829. The zero-order valence-corrected chi connectivity index (χ0v) is 9.95. The minimum absolute atomic E-state index is 0.115. The Hall–Kier alpha value is -1.13. The van der Waals surface area contributed by atoms with Gasteiger partial charge in [0.15, 0.2) is 11.6 Å². The molecule has 0 spiro atoms. The van der Waals surface area contributed by atoms with E-state index in [2.05, 4.69) is 0 Å². The van der Waals surface area contributed by atoms with Gasteiger partial charge in [-0.1, -0.05) is 12.1 Å². The Bertz CT molecular complexity index is 400. The molecule has 4 heteroatoms. The number of hydrogen-bond acceptors (Lipinski definition) is 3. The number of benzene rings is 1. The molecule has 17 heavy (non-hydrogen) atoms. The maximum Gasteiger partial charge on any atom is 0.171 e. The van der Waals surface area contributed by atoms with Crippen molar-refractivity contribution in [3.8, 4) is 5.75 Å². The summed E-state index contributed by atoms with van der Waals surface area (Å²) in [6, 6.07) is 4.99. The molecular weight excluding hydrogens is 221 g/mol. The first-order valence-corrected chi connectivity index (χ1v) is 5.88. The number of rotatable bonds is 2. The Morgan fingerprint density at radius 2 is 2.06 bits per heavy atom. The van der Waals surface area contributed by atoms with Gasteiger partial charge in [-0.2, -0.15) is 0 Å². The maximum atomic E-state index is 14.1. The van der Waals surface area contributed by atoms with Gasteiger partial charge in [-0.15, -0.1) is 0 Å². The van der Waals surface area contributed by atoms with Crippen molar-refractivity contribution in [3.63, 3.8) is 0 Å². The average Bonchev–Trinajstić information content (AvgIpc) is 2.33. The summed E-state index contributed by atoms with van der Waals surface area (Å²) in [5.41, 5.74) is 5.02. The van der Waals surface area contributed by atoms with Crippen LogP contribution in [0.4, 0.5) is 4.39 Å². The van der Waals surface area contributed by atoms with Crippen molar-refractivity contribution in [2.45, 2.75) is 37.3 Å². The molecule has 0 aliphatic heterocycles. The maximum absolute atomic E-state index is 14.1. The van der Waals surface area contributed by atoms with Crippen LogP contribution >= 0.6 is 0 Å². The van der Waals surface area contributed by atoms with Gasteiger partial charge >= 0.3 is 0 Å². The van der Waals surface area contributed by atoms with Crippen molar-refractivity contribution < 1.29 is 14.2 Å². The lowest BCUT2D eigenvalue weighted by atomic mass is 9.78. The topological polar surface area (TPSA) is 55.5 Å². The van der Waals surface area contributed by atoms with E-state index in [1.165, 1.54) is 7.11 Å². The van der Waals surface area contributed by atoms with Gasteiger partial charge in [-0.05, 0) is 31.7 Å². The molecule has 0 heterocycles. The van der Waals surface area contributed by atoms with E-state index in [1.807, 2.05) is 0 Å². The van der Waals surface area contributed by atoms with Crippen LogP contribution in [0, 0.1) is 5.82 Å². The number of aliphatic hydroxyl groups is 1. The Kier molecular flexibility index (Phi) is 3.35. The van der Waals surface area contributed by atoms with Crippen LogP contribution in [-0.4, -0.2) is 18.3 Å². The van der Waals surface area contributed by atoms with Gasteiger partial charge in [0, 0.05) is 11.6 Å². The minimum atomic E-state index is -1.10. The van der Waals surface area contributed by atoms with Crippen LogP contribution in [-0.2, 0) is 5.60 Å². The second-order valence-electron chi connectivity index (χ2n) is 4.69. The van der Waals surface area contributed by atoms with Gasteiger partial charge in [-0.3, -0.25) is 0 Å². The molecule has 0 aromatic heterocycles. The van der Waals surface area contributed by atoms with E-state index in [4.69, 9.17) is 10.5 Å². The van der Waals surface area contributed by atoms with Crippen LogP contribution < -0.4 is 10.5 Å². The van der Waals surface area contributed by atoms with Crippen LogP contribution in [0.15, 0.2) is 18.2 Å². The van der Waals surface area contributed by atoms with Crippen LogP contribution in [0.1, 0.15) is 31.2 Å². The van der Waals surface area contributed by atoms with E-state index in [0.717, 1.165) is 0 Å². The van der Waals surface area contributed by atoms with Gasteiger partial charge < -0.3 is 15.6 Å². The summed E-state index contributed by atoms with van der Waals surface area (Å²) in [5, 5.41) is 10.5. The number of methoxy groups -OCH3 is 1. The lowest BCUT2D eigenvalue weighted by Crippen LogP contribution is -2.37. The molecule has 0 bridgehead atoms. The van der Waals surface area contributed by atoms with E-state index in [9.17, 15) is 9.50 Å². The highest BCUT2D eigenvalue weighted by Crippen LogP contribution is 2.39. The molecule has 0 saturated heterocycles. The van der Waals surface area contributed by atoms with Crippen molar-refractivity contribution >= 4 is 0 Å². The van der Waals surface area contributed by atoms with Crippen LogP contribution in [0.5, 0.6) is 5.75 Å². The van der Waals surface area contributed by atoms with Gasteiger partial charge in [0.1, 0.15) is 0 Å². The third-order valence-electron chi connectivity index (χ3n) is 3.54. The molecule has 0 unspecified atom stereocenters. The van der Waals surface area contributed by atoms with E-state index in [-0.39, 0.29) is 11.8 Å². The summed E-state index contributed by atoms with van der Waals surface area (Å²) < 4.78 is 19.0. The number of halogens is 1. The first kappa shape index (κ1) is 12.3. The van der Waals surface area contributed by atoms with Crippen molar-refractivity contribution in [2.75, 3.05) is 7.11 Å². The Labute approximate surface area is 100 Å². The fourth-order valence-corrected chi connectivity index (χ4v) is 2.41. The molecule has 0 radical (unpaired) electrons. The third kappa shape index (κ3) is 2.28. The van der Waals surface area contributed by atoms with E-state index < -0.39 is 11.4 Å². The summed E-state index contributed by atoms with van der Waals surface area (Å²) >= 11 is 0. The molecular formula is C13H18FNO2. The molecule has 1 aliphatic carbocycles. The third-order valence-corrected chi connectivity index (χ3v) is 3.54. The molecule has 1 saturated carbocycles. The smallest absolute Gasteiger partial charge is 0.171 e. The lowest BCUT2D eigenvalue weighted by molar-refractivity contribution is -0.00832. The Morgan fingerprint density at radius 1 is 1.41 bits per heavy atom. The Balaban J connectivity index is 2.33. The zero-order chi connectivity index (χ0) is 12.5. The summed E-state index contributed by atoms with van der Waals surface area (Å²) in [6.45, 7) is 0. The highest BCUT2D eigenvalue weighted by Gasteiger charge is 2.36. The summed E-state index contributed by atoms with van der Waals surface area (Å²) in [5.74, 6) is -0.293. The first-order chi connectivity index (χ1) is 8.07. The van der Waals surface area contributed by atoms with Crippen LogP contribution in [0.2, 0.25) is 0 Å². The molecule has 1 aromatic rings. The summed E-state index contributed by atoms with van der Waals surface area (Å²) in [4.78, 5) is 0. The van der Waals surface area contributed by atoms with Gasteiger partial charge in [-0.25, -0.2) is 4.39 Å². The molecule has 1 aliphatic rings. The largest absolute Gasteiger partial charge is 0.494 e. The standard InChI is InChI=1S/C13H18FNO2/c1-17-11-4-2-3-10(12(11)14)13(16)7-5-9(15)6-8-13/h2-4,9,16H,5-8,15H2,1H3. The molecule has 1 aromatic carbocycles. The zero-order valence-electron chi connectivity index (χ0n) is 9.95. The Morgan fingerprint density at radius 3 is 2.65 bits per heavy atom. The van der Waals surface area contributed by atoms with Crippen molar-refractivity contribution in [1.82, 2.24) is 0 Å². The van der Waals surface area contributed by atoms with Crippen LogP contribution in [0.3, 0.4) is 0 Å². The number of ether oxygens (including phenoxy) is 1. The summed E-state index contributed by atoms with van der Waals surface area (Å²) in [6.07, 6.45) is 2.43. The first-order valence-electron chi connectivity index (χ1n) is 5.88. The van der Waals surface area contributed by atoms with E-state index in [1.54, 1.807) is 18.2 Å². The monoisotopic (exact) mass is 239 g/mol. The molecule has 3 N–H and O–H groups in total. The van der Waals surface area contributed by atoms with E-state index in [0.29, 0.717) is 31.2 Å². The number of nitrogens with two attached hydrogens (primary N) is 1. The second kappa shape index (κ2) is 4.63. The predicted molar refractivity (Wildman–Crippen MR) is 63.3 cm³/mol. The van der Waals surface area contributed by atoms with Crippen molar-refractivity contribution in [3.05, 3.63) is 29.6 Å². The van der Waals surface area contributed by atoms with Gasteiger partial charge in [0.2, 0.25) is 0 Å². The molecule has 1 fully saturated rings. The SMILES string of the molecule is COc1cccc(C2(O)CCC(N)CC2)c1F. The highest BCUT2D eigenvalue weighted by molar-refractivity contribution is 5.35. The second-order valence-corrected chi connectivity index (χ2v) is 4.69. The van der Waals surface area contributed by atoms with Gasteiger partial charge in [0.25, 0.3) is 0 Å². The summed E-state index contributed by atoms with van der Waals surface area (Å²) in [7, 11) is 1.42. The molecule has 3 nitrogen and oxygen atoms in total. The van der Waals surface area contributed by atoms with Gasteiger partial charge in [0.05, 0.1) is 12.7 Å². The minimum Gasteiger partial charge on any atom is -0.494 e. The lowest BCUT2D eigenvalue weighted by Gasteiger charge is -2.35. The van der Waals surface area contributed by atoms with Crippen molar-refractivity contribution in [2.24, 2.45) is 5.73 Å². The van der Waals surface area contributed by atoms with E-state index >= 15 is 0 Å². The van der Waals surface area contributed by atoms with Crippen molar-refractivity contribution in [1.29, 1.82) is 0 Å². The average molecular weight is 239 g/mol. The van der Waals surface area contributed by atoms with Crippen LogP contribution in [0.25, 0.3) is 0 Å². The fourth-order valence-electron chi connectivity index (χ4n) is 2.41. The number of hydrogen-bond donors (Lipinski definition) is 2. The molecule has 0 atom stereocenters. The normalized spacial score (nSPS) is 29.1. The predicted octanol–water partition coefficient (Wildman–Crippen LogP) is 1.92. The molecule has 94 valence electrons.